The van der Waals surface area contributed by atoms with Gasteiger partial charge in [0.05, 0.1) is 12.4 Å². The number of rotatable bonds is 1. The summed E-state index contributed by atoms with van der Waals surface area (Å²) in [5.41, 5.74) is 2.56. The number of benzene rings is 1. The molecule has 0 saturated heterocycles. The first-order valence-corrected chi connectivity index (χ1v) is 7.55. The number of anilines is 2. The molecule has 1 aliphatic heterocycles. The van der Waals surface area contributed by atoms with E-state index in [9.17, 15) is 0 Å². The van der Waals surface area contributed by atoms with E-state index in [0.717, 1.165) is 18.8 Å². The van der Waals surface area contributed by atoms with Gasteiger partial charge < -0.3 is 4.90 Å². The molecular weight excluding hydrogens is 270 g/mol. The number of nitrogens with zero attached hydrogens (tertiary/aromatic N) is 3. The molecule has 0 amide bonds. The van der Waals surface area contributed by atoms with E-state index in [0.29, 0.717) is 5.15 Å². The van der Waals surface area contributed by atoms with Gasteiger partial charge in [-0.2, -0.15) is 0 Å². The van der Waals surface area contributed by atoms with Crippen molar-refractivity contribution in [1.29, 1.82) is 0 Å². The normalized spacial score (nSPS) is 11.8. The topological polar surface area (TPSA) is 29.0 Å². The number of aromatic nitrogens is 2. The Labute approximate surface area is 126 Å². The second kappa shape index (κ2) is 8.54. The molecule has 4 heteroatoms. The maximum absolute atomic E-state index is 5.85. The van der Waals surface area contributed by atoms with E-state index >= 15 is 0 Å². The fourth-order valence-corrected chi connectivity index (χ4v) is 2.18. The molecular formula is C16H22ClN3. The van der Waals surface area contributed by atoms with E-state index < -0.39 is 0 Å². The predicted octanol–water partition coefficient (Wildman–Crippen LogP) is 4.88. The van der Waals surface area contributed by atoms with Crippen LogP contribution < -0.4 is 4.90 Å². The van der Waals surface area contributed by atoms with Gasteiger partial charge in [-0.25, -0.2) is 4.98 Å². The molecule has 20 heavy (non-hydrogen) atoms. The first kappa shape index (κ1) is 16.4. The number of para-hydroxylation sites is 1. The van der Waals surface area contributed by atoms with E-state index in [-0.39, 0.29) is 0 Å². The molecule has 0 unspecified atom stereocenters. The third-order valence-corrected chi connectivity index (χ3v) is 2.94. The highest BCUT2D eigenvalue weighted by Crippen LogP contribution is 2.32. The molecule has 0 aliphatic carbocycles. The maximum atomic E-state index is 5.85. The minimum Gasteiger partial charge on any atom is -0.324 e. The summed E-state index contributed by atoms with van der Waals surface area (Å²) >= 11 is 5.85. The lowest BCUT2D eigenvalue weighted by molar-refractivity contribution is 0.964. The summed E-state index contributed by atoms with van der Waals surface area (Å²) in [6.45, 7) is 8.94. The minimum absolute atomic E-state index is 0.432. The number of hydrogen-bond donors (Lipinski definition) is 0. The second-order valence-corrected chi connectivity index (χ2v) is 4.12. The molecule has 2 heterocycles. The van der Waals surface area contributed by atoms with Gasteiger partial charge in [0.2, 0.25) is 0 Å². The molecule has 0 fully saturated rings. The van der Waals surface area contributed by atoms with Crippen molar-refractivity contribution in [2.45, 2.75) is 34.1 Å². The van der Waals surface area contributed by atoms with Crippen LogP contribution in [0, 0.1) is 0 Å². The first-order valence-electron chi connectivity index (χ1n) is 7.17. The van der Waals surface area contributed by atoms with E-state index in [1.165, 1.54) is 11.3 Å². The van der Waals surface area contributed by atoms with Crippen LogP contribution in [0.15, 0.2) is 36.7 Å². The van der Waals surface area contributed by atoms with E-state index in [1.54, 1.807) is 12.4 Å². The SMILES string of the molecule is CC.CC.Clc1cncc(N2CCc3ccccc32)n1. The van der Waals surface area contributed by atoms with Gasteiger partial charge in [0.1, 0.15) is 5.15 Å². The Kier molecular flexibility index (Phi) is 7.02. The summed E-state index contributed by atoms with van der Waals surface area (Å²) in [6, 6.07) is 8.35. The summed E-state index contributed by atoms with van der Waals surface area (Å²) < 4.78 is 0. The molecule has 0 N–H and O–H groups in total. The van der Waals surface area contributed by atoms with Gasteiger partial charge in [0, 0.05) is 12.2 Å². The molecule has 3 nitrogen and oxygen atoms in total. The Hall–Kier alpha value is -1.61. The van der Waals surface area contributed by atoms with Crippen LogP contribution in [0.5, 0.6) is 0 Å². The Morgan fingerprint density at radius 2 is 1.75 bits per heavy atom. The Morgan fingerprint density at radius 3 is 2.45 bits per heavy atom. The highest BCUT2D eigenvalue weighted by molar-refractivity contribution is 6.29. The monoisotopic (exact) mass is 291 g/mol. The van der Waals surface area contributed by atoms with Crippen molar-refractivity contribution in [3.63, 3.8) is 0 Å². The Morgan fingerprint density at radius 1 is 1.05 bits per heavy atom. The minimum atomic E-state index is 0.432. The van der Waals surface area contributed by atoms with Crippen LogP contribution in [-0.2, 0) is 6.42 Å². The molecule has 0 saturated carbocycles. The molecule has 0 spiro atoms. The number of fused-ring (bicyclic) bond motifs is 1. The van der Waals surface area contributed by atoms with Crippen molar-refractivity contribution >= 4 is 23.1 Å². The molecule has 108 valence electrons. The van der Waals surface area contributed by atoms with Crippen molar-refractivity contribution in [1.82, 2.24) is 9.97 Å². The average Bonchev–Trinajstić information content (AvgIpc) is 2.95. The van der Waals surface area contributed by atoms with E-state index in [4.69, 9.17) is 11.6 Å². The first-order chi connectivity index (χ1) is 9.84. The van der Waals surface area contributed by atoms with Crippen molar-refractivity contribution in [2.24, 2.45) is 0 Å². The van der Waals surface area contributed by atoms with Crippen LogP contribution in [0.25, 0.3) is 0 Å². The molecule has 2 aromatic rings. The summed E-state index contributed by atoms with van der Waals surface area (Å²) in [6.07, 6.45) is 4.34. The molecule has 1 aromatic heterocycles. The van der Waals surface area contributed by atoms with Gasteiger partial charge in [-0.3, -0.25) is 4.98 Å². The van der Waals surface area contributed by atoms with Gasteiger partial charge in [0.25, 0.3) is 0 Å². The zero-order valence-electron chi connectivity index (χ0n) is 12.6. The molecule has 0 bridgehead atoms. The third-order valence-electron chi connectivity index (χ3n) is 2.76. The van der Waals surface area contributed by atoms with Gasteiger partial charge in [-0.15, -0.1) is 0 Å². The van der Waals surface area contributed by atoms with E-state index in [2.05, 4.69) is 33.1 Å². The van der Waals surface area contributed by atoms with Gasteiger partial charge >= 0.3 is 0 Å². The highest BCUT2D eigenvalue weighted by atomic mass is 35.5. The molecule has 1 aliphatic rings. The third kappa shape index (κ3) is 3.70. The molecule has 3 rings (SSSR count). The average molecular weight is 292 g/mol. The lowest BCUT2D eigenvalue weighted by Gasteiger charge is -2.17. The number of hydrogen-bond acceptors (Lipinski definition) is 3. The van der Waals surface area contributed by atoms with Crippen molar-refractivity contribution in [3.05, 3.63) is 47.4 Å². The van der Waals surface area contributed by atoms with Crippen molar-refractivity contribution < 1.29 is 0 Å². The van der Waals surface area contributed by atoms with Gasteiger partial charge in [-0.1, -0.05) is 57.5 Å². The van der Waals surface area contributed by atoms with Crippen LogP contribution in [0.4, 0.5) is 11.5 Å². The molecule has 0 radical (unpaired) electrons. The maximum Gasteiger partial charge on any atom is 0.153 e. The zero-order valence-corrected chi connectivity index (χ0v) is 13.4. The quantitative estimate of drug-likeness (QED) is 0.750. The summed E-state index contributed by atoms with van der Waals surface area (Å²) in [7, 11) is 0. The summed E-state index contributed by atoms with van der Waals surface area (Å²) in [4.78, 5) is 10.5. The largest absolute Gasteiger partial charge is 0.324 e. The van der Waals surface area contributed by atoms with Crippen LogP contribution in [0.2, 0.25) is 5.15 Å². The standard InChI is InChI=1S/C12H10ClN3.2C2H6/c13-11-7-14-8-12(15-11)16-6-5-9-3-1-2-4-10(9)16;2*1-2/h1-4,7-8H,5-6H2;2*1-2H3. The van der Waals surface area contributed by atoms with Crippen LogP contribution in [0.1, 0.15) is 33.3 Å². The molecule has 0 atom stereocenters. The lowest BCUT2D eigenvalue weighted by atomic mass is 10.2. The van der Waals surface area contributed by atoms with Crippen molar-refractivity contribution in [2.75, 3.05) is 11.4 Å². The second-order valence-electron chi connectivity index (χ2n) is 3.73. The summed E-state index contributed by atoms with van der Waals surface area (Å²) in [5, 5.41) is 0.432. The predicted molar refractivity (Wildman–Crippen MR) is 86.9 cm³/mol. The Balaban J connectivity index is 0.000000461. The molecule has 1 aromatic carbocycles. The van der Waals surface area contributed by atoms with Crippen LogP contribution in [-0.4, -0.2) is 16.5 Å². The van der Waals surface area contributed by atoms with Gasteiger partial charge in [-0.05, 0) is 18.1 Å². The zero-order chi connectivity index (χ0) is 15.0. The van der Waals surface area contributed by atoms with Gasteiger partial charge in [0.15, 0.2) is 5.82 Å². The highest BCUT2D eigenvalue weighted by Gasteiger charge is 2.20. The lowest BCUT2D eigenvalue weighted by Crippen LogP contribution is -2.14. The fraction of sp³-hybridized carbons (Fsp3) is 0.375. The van der Waals surface area contributed by atoms with Crippen molar-refractivity contribution in [3.8, 4) is 0 Å². The number of halogens is 1. The van der Waals surface area contributed by atoms with E-state index in [1.807, 2.05) is 33.8 Å². The fourth-order valence-electron chi connectivity index (χ4n) is 2.04. The van der Waals surface area contributed by atoms with Crippen LogP contribution in [0.3, 0.4) is 0 Å². The van der Waals surface area contributed by atoms with Crippen LogP contribution >= 0.6 is 11.6 Å². The summed E-state index contributed by atoms with van der Waals surface area (Å²) in [5.74, 6) is 0.817. The smallest absolute Gasteiger partial charge is 0.153 e. The Bertz CT molecular complexity index is 529.